The van der Waals surface area contributed by atoms with E-state index in [0.717, 1.165) is 16.2 Å². The van der Waals surface area contributed by atoms with Gasteiger partial charge in [-0.25, -0.2) is 14.6 Å². The van der Waals surface area contributed by atoms with Crippen molar-refractivity contribution in [1.82, 2.24) is 9.97 Å². The summed E-state index contributed by atoms with van der Waals surface area (Å²) in [7, 11) is 2.48. The van der Waals surface area contributed by atoms with Crippen LogP contribution in [0.25, 0.3) is 0 Å². The second-order valence-electron chi connectivity index (χ2n) is 4.73. The fraction of sp³-hybridized carbons (Fsp3) is 0.250. The molecule has 120 valence electrons. The van der Waals surface area contributed by atoms with Crippen LogP contribution >= 0.6 is 11.8 Å². The van der Waals surface area contributed by atoms with Crippen molar-refractivity contribution in [3.63, 3.8) is 0 Å². The van der Waals surface area contributed by atoms with E-state index in [-0.39, 0.29) is 11.3 Å². The van der Waals surface area contributed by atoms with Crippen molar-refractivity contribution in [2.45, 2.75) is 23.6 Å². The lowest BCUT2D eigenvalue weighted by Gasteiger charge is -2.08. The average Bonchev–Trinajstić information content (AvgIpc) is 2.56. The van der Waals surface area contributed by atoms with Gasteiger partial charge in [0.25, 0.3) is 0 Å². The van der Waals surface area contributed by atoms with Gasteiger partial charge in [0.1, 0.15) is 0 Å². The van der Waals surface area contributed by atoms with Crippen molar-refractivity contribution in [2.24, 2.45) is 0 Å². The number of ether oxygens (including phenoxy) is 2. The smallest absolute Gasteiger partial charge is 0.357 e. The van der Waals surface area contributed by atoms with Crippen molar-refractivity contribution in [1.29, 1.82) is 0 Å². The largest absolute Gasteiger partial charge is 0.465 e. The lowest BCUT2D eigenvalue weighted by Crippen LogP contribution is -2.14. The van der Waals surface area contributed by atoms with Crippen molar-refractivity contribution >= 4 is 23.7 Å². The molecule has 0 aliphatic carbocycles. The number of carbonyl (C=O) groups is 2. The lowest BCUT2D eigenvalue weighted by molar-refractivity contribution is 0.0549. The number of carbonyl (C=O) groups excluding carboxylic acids is 2. The van der Waals surface area contributed by atoms with Crippen molar-refractivity contribution in [2.75, 3.05) is 14.2 Å². The molecule has 7 heteroatoms. The Morgan fingerprint density at radius 2 is 1.57 bits per heavy atom. The van der Waals surface area contributed by atoms with Gasteiger partial charge in [-0.2, -0.15) is 0 Å². The molecule has 2 heterocycles. The Morgan fingerprint density at radius 1 is 0.957 bits per heavy atom. The molecule has 0 fully saturated rings. The van der Waals surface area contributed by atoms with E-state index in [2.05, 4.69) is 14.7 Å². The number of nitrogens with zero attached hydrogens (tertiary/aromatic N) is 2. The highest BCUT2D eigenvalue weighted by atomic mass is 32.2. The molecule has 0 aromatic carbocycles. The number of hydrogen-bond acceptors (Lipinski definition) is 7. The Hall–Kier alpha value is -2.41. The molecular weight excluding hydrogens is 316 g/mol. The van der Waals surface area contributed by atoms with E-state index in [1.54, 1.807) is 12.3 Å². The van der Waals surface area contributed by atoms with Crippen LogP contribution in [0.15, 0.2) is 34.3 Å². The van der Waals surface area contributed by atoms with E-state index < -0.39 is 11.9 Å². The van der Waals surface area contributed by atoms with Crippen molar-refractivity contribution < 1.29 is 19.1 Å². The molecule has 0 atom stereocenters. The number of aromatic nitrogens is 2. The zero-order valence-electron chi connectivity index (χ0n) is 13.2. The Labute approximate surface area is 138 Å². The Morgan fingerprint density at radius 3 is 2.17 bits per heavy atom. The summed E-state index contributed by atoms with van der Waals surface area (Å²) in [6.45, 7) is 3.91. The number of methoxy groups -OCH3 is 2. The van der Waals surface area contributed by atoms with Gasteiger partial charge in [-0.3, -0.25) is 4.98 Å². The molecule has 0 saturated carbocycles. The molecule has 0 aliphatic heterocycles. The number of aryl methyl sites for hydroxylation is 2. The summed E-state index contributed by atoms with van der Waals surface area (Å²) in [5.41, 5.74) is 2.04. The normalized spacial score (nSPS) is 10.3. The summed E-state index contributed by atoms with van der Waals surface area (Å²) in [5.74, 6) is -1.33. The molecule has 0 saturated heterocycles. The van der Waals surface area contributed by atoms with Gasteiger partial charge < -0.3 is 9.47 Å². The van der Waals surface area contributed by atoms with E-state index >= 15 is 0 Å². The molecule has 0 bridgehead atoms. The summed E-state index contributed by atoms with van der Waals surface area (Å²) in [6.07, 6.45) is 3.26. The minimum absolute atomic E-state index is 0.0677. The quantitative estimate of drug-likeness (QED) is 0.797. The third-order valence-corrected chi connectivity index (χ3v) is 4.12. The van der Waals surface area contributed by atoms with Gasteiger partial charge in [0.2, 0.25) is 0 Å². The summed E-state index contributed by atoms with van der Waals surface area (Å²) < 4.78 is 9.34. The van der Waals surface area contributed by atoms with Crippen LogP contribution in [0.1, 0.15) is 32.1 Å². The first kappa shape index (κ1) is 17.0. The second-order valence-corrected chi connectivity index (χ2v) is 5.87. The Bertz CT molecular complexity index is 762. The molecule has 6 nitrogen and oxygen atoms in total. The highest BCUT2D eigenvalue weighted by molar-refractivity contribution is 7.99. The highest BCUT2D eigenvalue weighted by Gasteiger charge is 2.21. The van der Waals surface area contributed by atoms with Crippen molar-refractivity contribution in [3.8, 4) is 0 Å². The summed E-state index contributed by atoms with van der Waals surface area (Å²) in [5, 5.41) is 0. The highest BCUT2D eigenvalue weighted by Crippen LogP contribution is 2.29. The first-order chi connectivity index (χ1) is 11.0. The minimum atomic E-state index is -0.685. The summed E-state index contributed by atoms with van der Waals surface area (Å²) in [6, 6.07) is 3.56. The standard InChI is InChI=1S/C16H16N2O4S/c1-9-5-11(7-17-10(9)2)23-12-6-13(15(19)21-3)14(18-8-12)16(20)22-4/h5-8H,1-4H3. The van der Waals surface area contributed by atoms with E-state index in [1.165, 1.54) is 32.2 Å². The molecule has 2 rings (SSSR count). The van der Waals surface area contributed by atoms with Crippen LogP contribution < -0.4 is 0 Å². The maximum absolute atomic E-state index is 11.9. The predicted molar refractivity (Wildman–Crippen MR) is 84.8 cm³/mol. The van der Waals surface area contributed by atoms with Crippen LogP contribution in [-0.4, -0.2) is 36.1 Å². The average molecular weight is 332 g/mol. The van der Waals surface area contributed by atoms with Gasteiger partial charge in [-0.05, 0) is 31.5 Å². The second kappa shape index (κ2) is 7.23. The molecule has 0 spiro atoms. The van der Waals surface area contributed by atoms with Gasteiger partial charge in [0.15, 0.2) is 5.69 Å². The van der Waals surface area contributed by atoms with E-state index in [0.29, 0.717) is 4.90 Å². The van der Waals surface area contributed by atoms with Gasteiger partial charge in [0.05, 0.1) is 19.8 Å². The zero-order chi connectivity index (χ0) is 17.0. The fourth-order valence-electron chi connectivity index (χ4n) is 1.84. The SMILES string of the molecule is COC(=O)c1cc(Sc2cnc(C)c(C)c2)cnc1C(=O)OC. The summed E-state index contributed by atoms with van der Waals surface area (Å²) >= 11 is 1.40. The van der Waals surface area contributed by atoms with Crippen LogP contribution in [0.4, 0.5) is 0 Å². The van der Waals surface area contributed by atoms with Crippen LogP contribution in [0.3, 0.4) is 0 Å². The molecule has 0 unspecified atom stereocenters. The summed E-state index contributed by atoms with van der Waals surface area (Å²) in [4.78, 5) is 33.5. The van der Waals surface area contributed by atoms with E-state index in [4.69, 9.17) is 4.74 Å². The molecule has 23 heavy (non-hydrogen) atoms. The number of esters is 2. The maximum Gasteiger partial charge on any atom is 0.357 e. The molecule has 0 radical (unpaired) electrons. The fourth-order valence-corrected chi connectivity index (χ4v) is 2.73. The molecule has 2 aromatic heterocycles. The molecule has 0 amide bonds. The Kier molecular flexibility index (Phi) is 5.33. The van der Waals surface area contributed by atoms with E-state index in [1.807, 2.05) is 19.9 Å². The number of pyridine rings is 2. The molecule has 2 aromatic rings. The van der Waals surface area contributed by atoms with Gasteiger partial charge in [0, 0.05) is 27.9 Å². The van der Waals surface area contributed by atoms with Crippen molar-refractivity contribution in [3.05, 3.63) is 47.0 Å². The first-order valence-electron chi connectivity index (χ1n) is 6.74. The zero-order valence-corrected chi connectivity index (χ0v) is 14.1. The Balaban J connectivity index is 2.38. The van der Waals surface area contributed by atoms with Crippen LogP contribution in [-0.2, 0) is 9.47 Å². The van der Waals surface area contributed by atoms with Crippen LogP contribution in [0.5, 0.6) is 0 Å². The monoisotopic (exact) mass is 332 g/mol. The van der Waals surface area contributed by atoms with E-state index in [9.17, 15) is 9.59 Å². The predicted octanol–water partition coefficient (Wildman–Crippen LogP) is 2.82. The first-order valence-corrected chi connectivity index (χ1v) is 7.55. The third-order valence-electron chi connectivity index (χ3n) is 3.20. The topological polar surface area (TPSA) is 78.4 Å². The third kappa shape index (κ3) is 3.87. The molecular formula is C16H16N2O4S. The maximum atomic E-state index is 11.9. The van der Waals surface area contributed by atoms with Crippen LogP contribution in [0, 0.1) is 13.8 Å². The van der Waals surface area contributed by atoms with Gasteiger partial charge in [-0.15, -0.1) is 0 Å². The lowest BCUT2D eigenvalue weighted by atomic mass is 10.2. The molecule has 0 aliphatic rings. The van der Waals surface area contributed by atoms with Gasteiger partial charge in [-0.1, -0.05) is 11.8 Å². The number of rotatable bonds is 4. The van der Waals surface area contributed by atoms with Crippen LogP contribution in [0.2, 0.25) is 0 Å². The number of hydrogen-bond donors (Lipinski definition) is 0. The minimum Gasteiger partial charge on any atom is -0.465 e. The molecule has 0 N–H and O–H groups in total. The van der Waals surface area contributed by atoms with Gasteiger partial charge >= 0.3 is 11.9 Å².